The molecule has 0 fully saturated rings. The van der Waals surface area contributed by atoms with Gasteiger partial charge in [0, 0.05) is 12.1 Å². The van der Waals surface area contributed by atoms with Crippen LogP contribution in [0.25, 0.3) is 11.3 Å². The van der Waals surface area contributed by atoms with Gasteiger partial charge in [0.25, 0.3) is 0 Å². The summed E-state index contributed by atoms with van der Waals surface area (Å²) in [5.74, 6) is 1.61. The molecule has 0 atom stereocenters. The van der Waals surface area contributed by atoms with Crippen LogP contribution in [0.2, 0.25) is 0 Å². The molecule has 1 heterocycles. The Labute approximate surface area is 121 Å². The van der Waals surface area contributed by atoms with Gasteiger partial charge in [-0.3, -0.25) is 0 Å². The number of nitrogen functional groups attached to an aromatic ring is 1. The third-order valence-electron chi connectivity index (χ3n) is 3.53. The smallest absolute Gasteiger partial charge is 0.132 e. The Bertz CT molecular complexity index is 613. The summed E-state index contributed by atoms with van der Waals surface area (Å²) >= 11 is 0. The molecule has 20 heavy (non-hydrogen) atoms. The SMILES string of the molecule is C=CCn1c(C)nc(-c2ccc(C(C)(C)C)cc2)c1N. The Morgan fingerprint density at radius 1 is 1.25 bits per heavy atom. The minimum atomic E-state index is 0.155. The first-order valence-corrected chi connectivity index (χ1v) is 6.89. The highest BCUT2D eigenvalue weighted by Gasteiger charge is 2.16. The quantitative estimate of drug-likeness (QED) is 0.858. The molecule has 2 rings (SSSR count). The number of hydrogen-bond donors (Lipinski definition) is 1. The normalized spacial score (nSPS) is 11.6. The summed E-state index contributed by atoms with van der Waals surface area (Å²) in [4.78, 5) is 4.58. The van der Waals surface area contributed by atoms with Crippen molar-refractivity contribution in [1.29, 1.82) is 0 Å². The Kier molecular flexibility index (Phi) is 3.71. The van der Waals surface area contributed by atoms with Gasteiger partial charge < -0.3 is 10.3 Å². The van der Waals surface area contributed by atoms with Crippen LogP contribution in [0.15, 0.2) is 36.9 Å². The van der Waals surface area contributed by atoms with Crippen molar-refractivity contribution in [1.82, 2.24) is 9.55 Å². The first-order chi connectivity index (χ1) is 9.34. The summed E-state index contributed by atoms with van der Waals surface area (Å²) < 4.78 is 1.97. The molecule has 0 aliphatic rings. The zero-order chi connectivity index (χ0) is 14.9. The summed E-state index contributed by atoms with van der Waals surface area (Å²) in [5, 5.41) is 0. The van der Waals surface area contributed by atoms with Crippen LogP contribution >= 0.6 is 0 Å². The number of nitrogens with two attached hydrogens (primary N) is 1. The average Bonchev–Trinajstić information content (AvgIpc) is 2.66. The molecule has 0 bridgehead atoms. The lowest BCUT2D eigenvalue weighted by atomic mass is 9.86. The molecule has 1 aromatic heterocycles. The van der Waals surface area contributed by atoms with Gasteiger partial charge in [0.05, 0.1) is 0 Å². The molecule has 0 aliphatic heterocycles. The standard InChI is InChI=1S/C17H23N3/c1-6-11-20-12(2)19-15(16(20)18)13-7-9-14(10-8-13)17(3,4)5/h6-10H,1,11,18H2,2-5H3. The van der Waals surface area contributed by atoms with Gasteiger partial charge in [-0.15, -0.1) is 6.58 Å². The number of rotatable bonds is 3. The van der Waals surface area contributed by atoms with Gasteiger partial charge in [0.1, 0.15) is 17.3 Å². The van der Waals surface area contributed by atoms with Gasteiger partial charge >= 0.3 is 0 Å². The fraction of sp³-hybridized carbons (Fsp3) is 0.353. The maximum atomic E-state index is 6.20. The molecule has 0 saturated heterocycles. The zero-order valence-electron chi connectivity index (χ0n) is 12.8. The lowest BCUT2D eigenvalue weighted by Crippen LogP contribution is -2.10. The molecular formula is C17H23N3. The van der Waals surface area contributed by atoms with E-state index in [0.29, 0.717) is 12.4 Å². The Morgan fingerprint density at radius 2 is 1.85 bits per heavy atom. The topological polar surface area (TPSA) is 43.8 Å². The molecule has 2 N–H and O–H groups in total. The van der Waals surface area contributed by atoms with Crippen molar-refractivity contribution in [2.24, 2.45) is 0 Å². The highest BCUT2D eigenvalue weighted by Crippen LogP contribution is 2.29. The average molecular weight is 269 g/mol. The predicted octanol–water partition coefficient (Wildman–Crippen LogP) is 3.92. The zero-order valence-corrected chi connectivity index (χ0v) is 12.8. The number of aryl methyl sites for hydroxylation is 1. The van der Waals surface area contributed by atoms with Crippen molar-refractivity contribution in [3.8, 4) is 11.3 Å². The molecule has 1 aromatic carbocycles. The third-order valence-corrected chi connectivity index (χ3v) is 3.53. The van der Waals surface area contributed by atoms with Crippen LogP contribution in [-0.4, -0.2) is 9.55 Å². The van der Waals surface area contributed by atoms with E-state index in [9.17, 15) is 0 Å². The predicted molar refractivity (Wildman–Crippen MR) is 85.7 cm³/mol. The first-order valence-electron chi connectivity index (χ1n) is 6.89. The molecular weight excluding hydrogens is 246 g/mol. The number of anilines is 1. The van der Waals surface area contributed by atoms with Crippen LogP contribution in [0.1, 0.15) is 32.2 Å². The van der Waals surface area contributed by atoms with Crippen LogP contribution in [0, 0.1) is 6.92 Å². The van der Waals surface area contributed by atoms with Crippen molar-refractivity contribution in [3.05, 3.63) is 48.3 Å². The summed E-state index contributed by atoms with van der Waals surface area (Å²) in [5.41, 5.74) is 9.57. The van der Waals surface area contributed by atoms with Gasteiger partial charge in [0.15, 0.2) is 0 Å². The second-order valence-corrected chi connectivity index (χ2v) is 6.12. The van der Waals surface area contributed by atoms with Crippen molar-refractivity contribution in [3.63, 3.8) is 0 Å². The third kappa shape index (κ3) is 2.62. The summed E-state index contributed by atoms with van der Waals surface area (Å²) in [6.07, 6.45) is 1.83. The second kappa shape index (κ2) is 5.16. The number of allylic oxidation sites excluding steroid dienone is 1. The minimum Gasteiger partial charge on any atom is -0.383 e. The molecule has 0 radical (unpaired) electrons. The van der Waals surface area contributed by atoms with Crippen LogP contribution in [0.3, 0.4) is 0 Å². The van der Waals surface area contributed by atoms with E-state index in [2.05, 4.69) is 56.6 Å². The van der Waals surface area contributed by atoms with Gasteiger partial charge in [0.2, 0.25) is 0 Å². The van der Waals surface area contributed by atoms with E-state index in [1.807, 2.05) is 17.6 Å². The molecule has 0 spiro atoms. The molecule has 3 heteroatoms. The molecule has 0 saturated carbocycles. The number of nitrogens with zero attached hydrogens (tertiary/aromatic N) is 2. The van der Waals surface area contributed by atoms with Gasteiger partial charge in [-0.1, -0.05) is 51.1 Å². The largest absolute Gasteiger partial charge is 0.383 e. The molecule has 0 aliphatic carbocycles. The Balaban J connectivity index is 2.42. The second-order valence-electron chi connectivity index (χ2n) is 6.12. The molecule has 0 amide bonds. The van der Waals surface area contributed by atoms with E-state index in [-0.39, 0.29) is 5.41 Å². The molecule has 2 aromatic rings. The highest BCUT2D eigenvalue weighted by atomic mass is 15.1. The Hall–Kier alpha value is -2.03. The summed E-state index contributed by atoms with van der Waals surface area (Å²) in [6, 6.07) is 8.49. The number of aromatic nitrogens is 2. The van der Waals surface area contributed by atoms with E-state index in [4.69, 9.17) is 5.73 Å². The fourth-order valence-electron chi connectivity index (χ4n) is 2.28. The van der Waals surface area contributed by atoms with Gasteiger partial charge in [-0.2, -0.15) is 0 Å². The monoisotopic (exact) mass is 269 g/mol. The molecule has 106 valence electrons. The lowest BCUT2D eigenvalue weighted by Gasteiger charge is -2.19. The van der Waals surface area contributed by atoms with E-state index in [0.717, 1.165) is 17.1 Å². The van der Waals surface area contributed by atoms with Crippen LogP contribution in [0.5, 0.6) is 0 Å². The van der Waals surface area contributed by atoms with Crippen molar-refractivity contribution >= 4 is 5.82 Å². The van der Waals surface area contributed by atoms with E-state index < -0.39 is 0 Å². The summed E-state index contributed by atoms with van der Waals surface area (Å²) in [6.45, 7) is 13.0. The first kappa shape index (κ1) is 14.4. The molecule has 0 unspecified atom stereocenters. The minimum absolute atomic E-state index is 0.155. The van der Waals surface area contributed by atoms with Crippen LogP contribution in [-0.2, 0) is 12.0 Å². The van der Waals surface area contributed by atoms with Crippen molar-refractivity contribution in [2.45, 2.75) is 39.7 Å². The van der Waals surface area contributed by atoms with Gasteiger partial charge in [-0.05, 0) is 17.9 Å². The maximum Gasteiger partial charge on any atom is 0.132 e. The van der Waals surface area contributed by atoms with Crippen molar-refractivity contribution in [2.75, 3.05) is 5.73 Å². The molecule has 3 nitrogen and oxygen atoms in total. The highest BCUT2D eigenvalue weighted by molar-refractivity contribution is 5.71. The van der Waals surface area contributed by atoms with E-state index in [1.165, 1.54) is 5.56 Å². The van der Waals surface area contributed by atoms with E-state index >= 15 is 0 Å². The maximum absolute atomic E-state index is 6.20. The fourth-order valence-corrected chi connectivity index (χ4v) is 2.28. The number of hydrogen-bond acceptors (Lipinski definition) is 2. The lowest BCUT2D eigenvalue weighted by molar-refractivity contribution is 0.590. The van der Waals surface area contributed by atoms with Crippen LogP contribution in [0.4, 0.5) is 5.82 Å². The number of benzene rings is 1. The van der Waals surface area contributed by atoms with Crippen LogP contribution < -0.4 is 5.73 Å². The van der Waals surface area contributed by atoms with Crippen molar-refractivity contribution < 1.29 is 0 Å². The van der Waals surface area contributed by atoms with Gasteiger partial charge in [-0.25, -0.2) is 4.98 Å². The number of imidazole rings is 1. The summed E-state index contributed by atoms with van der Waals surface area (Å²) in [7, 11) is 0. The Morgan fingerprint density at radius 3 is 2.35 bits per heavy atom. The van der Waals surface area contributed by atoms with E-state index in [1.54, 1.807) is 0 Å².